The first-order valence-electron chi connectivity index (χ1n) is 7.30. The molecular weight excluding hydrogens is 309 g/mol. The van der Waals surface area contributed by atoms with Crippen molar-refractivity contribution in [1.29, 1.82) is 0 Å². The number of fused-ring (bicyclic) bond motifs is 1. The Balaban J connectivity index is 0.00000176. The molecule has 0 saturated carbocycles. The maximum Gasteiger partial charge on any atom is 0.241 e. The summed E-state index contributed by atoms with van der Waals surface area (Å²) in [6.07, 6.45) is 3.70. The van der Waals surface area contributed by atoms with Gasteiger partial charge in [0.05, 0.1) is 11.7 Å². The first kappa shape index (κ1) is 16.7. The van der Waals surface area contributed by atoms with Crippen molar-refractivity contribution in [2.24, 2.45) is 0 Å². The van der Waals surface area contributed by atoms with Crippen LogP contribution in [-0.2, 0) is 16.0 Å². The van der Waals surface area contributed by atoms with E-state index in [9.17, 15) is 14.0 Å². The van der Waals surface area contributed by atoms with E-state index in [1.54, 1.807) is 0 Å². The summed E-state index contributed by atoms with van der Waals surface area (Å²) in [5.74, 6) is -0.773. The Bertz CT molecular complexity index is 588. The Morgan fingerprint density at radius 2 is 2.09 bits per heavy atom. The molecule has 0 spiro atoms. The minimum Gasteiger partial charge on any atom is -0.326 e. The maximum atomic E-state index is 14.1. The maximum absolute atomic E-state index is 14.1. The second kappa shape index (κ2) is 7.07. The number of anilines is 2. The van der Waals surface area contributed by atoms with E-state index in [2.05, 4.69) is 16.0 Å². The lowest BCUT2D eigenvalue weighted by Crippen LogP contribution is -2.43. The third-order valence-electron chi connectivity index (χ3n) is 3.97. The molecule has 22 heavy (non-hydrogen) atoms. The molecule has 0 bridgehead atoms. The normalized spacial score (nSPS) is 20.4. The highest BCUT2D eigenvalue weighted by Gasteiger charge is 2.23. The molecule has 0 aromatic heterocycles. The Labute approximate surface area is 134 Å². The number of carbonyl (C=O) groups excluding carboxylic acids is 2. The van der Waals surface area contributed by atoms with Crippen molar-refractivity contribution in [2.75, 3.05) is 17.2 Å². The molecule has 0 unspecified atom stereocenters. The van der Waals surface area contributed by atoms with Gasteiger partial charge in [-0.25, -0.2) is 4.39 Å². The smallest absolute Gasteiger partial charge is 0.241 e. The van der Waals surface area contributed by atoms with E-state index in [1.807, 2.05) is 0 Å². The van der Waals surface area contributed by atoms with Crippen LogP contribution in [0.1, 0.15) is 31.2 Å². The monoisotopic (exact) mass is 327 g/mol. The van der Waals surface area contributed by atoms with Crippen LogP contribution in [0.5, 0.6) is 0 Å². The number of nitrogens with one attached hydrogen (secondary N) is 3. The van der Waals surface area contributed by atoms with Gasteiger partial charge in [0.25, 0.3) is 0 Å². The van der Waals surface area contributed by atoms with Crippen molar-refractivity contribution in [3.63, 3.8) is 0 Å². The topological polar surface area (TPSA) is 70.2 Å². The molecule has 2 heterocycles. The molecule has 2 aliphatic heterocycles. The quantitative estimate of drug-likeness (QED) is 0.780. The van der Waals surface area contributed by atoms with E-state index in [0.717, 1.165) is 31.4 Å². The summed E-state index contributed by atoms with van der Waals surface area (Å²) in [4.78, 5) is 23.5. The van der Waals surface area contributed by atoms with Gasteiger partial charge in [-0.05, 0) is 43.5 Å². The van der Waals surface area contributed by atoms with Crippen molar-refractivity contribution in [3.05, 3.63) is 23.5 Å². The van der Waals surface area contributed by atoms with E-state index < -0.39 is 5.82 Å². The SMILES string of the molecule is Cl.O=C1CCc2cc(F)c(NC(=O)[C@@H]3CCCCN3)cc2N1. The summed E-state index contributed by atoms with van der Waals surface area (Å²) in [6.45, 7) is 0.806. The molecular formula is C15H19ClFN3O2. The molecule has 0 radical (unpaired) electrons. The summed E-state index contributed by atoms with van der Waals surface area (Å²) in [6, 6.07) is 2.62. The first-order chi connectivity index (χ1) is 10.1. The van der Waals surface area contributed by atoms with E-state index in [1.165, 1.54) is 12.1 Å². The molecule has 3 N–H and O–H groups in total. The van der Waals surface area contributed by atoms with Gasteiger partial charge in [-0.1, -0.05) is 6.42 Å². The van der Waals surface area contributed by atoms with Crippen LogP contribution in [0.25, 0.3) is 0 Å². The van der Waals surface area contributed by atoms with Crippen LogP contribution >= 0.6 is 12.4 Å². The van der Waals surface area contributed by atoms with Gasteiger partial charge >= 0.3 is 0 Å². The molecule has 0 aliphatic carbocycles. The van der Waals surface area contributed by atoms with E-state index in [4.69, 9.17) is 0 Å². The zero-order valence-electron chi connectivity index (χ0n) is 12.1. The molecule has 2 aliphatic rings. The molecule has 5 nitrogen and oxygen atoms in total. The van der Waals surface area contributed by atoms with Crippen LogP contribution in [0.3, 0.4) is 0 Å². The number of carbonyl (C=O) groups is 2. The molecule has 1 saturated heterocycles. The van der Waals surface area contributed by atoms with Gasteiger partial charge in [0, 0.05) is 12.1 Å². The van der Waals surface area contributed by atoms with Crippen LogP contribution in [0, 0.1) is 5.82 Å². The lowest BCUT2D eigenvalue weighted by Gasteiger charge is -2.23. The third-order valence-corrected chi connectivity index (χ3v) is 3.97. The van der Waals surface area contributed by atoms with Crippen LogP contribution in [0.15, 0.2) is 12.1 Å². The second-order valence-electron chi connectivity index (χ2n) is 5.53. The fourth-order valence-electron chi connectivity index (χ4n) is 2.79. The molecule has 120 valence electrons. The molecule has 7 heteroatoms. The van der Waals surface area contributed by atoms with E-state index >= 15 is 0 Å². The molecule has 1 aromatic carbocycles. The largest absolute Gasteiger partial charge is 0.326 e. The number of piperidine rings is 1. The molecule has 3 rings (SSSR count). The highest BCUT2D eigenvalue weighted by Crippen LogP contribution is 2.28. The van der Waals surface area contributed by atoms with Crippen LogP contribution in [0.4, 0.5) is 15.8 Å². The van der Waals surface area contributed by atoms with Crippen molar-refractivity contribution >= 4 is 35.6 Å². The fourth-order valence-corrected chi connectivity index (χ4v) is 2.79. The Kier molecular flexibility index (Phi) is 5.37. The van der Waals surface area contributed by atoms with Crippen LogP contribution in [-0.4, -0.2) is 24.4 Å². The molecule has 1 fully saturated rings. The van der Waals surface area contributed by atoms with Gasteiger partial charge in [-0.15, -0.1) is 12.4 Å². The highest BCUT2D eigenvalue weighted by atomic mass is 35.5. The molecule has 1 atom stereocenters. The predicted octanol–water partition coefficient (Wildman–Crippen LogP) is 2.21. The minimum absolute atomic E-state index is 0. The summed E-state index contributed by atoms with van der Waals surface area (Å²) >= 11 is 0. The minimum atomic E-state index is -0.464. The van der Waals surface area contributed by atoms with E-state index in [0.29, 0.717) is 18.5 Å². The lowest BCUT2D eigenvalue weighted by molar-refractivity contribution is -0.118. The van der Waals surface area contributed by atoms with Gasteiger partial charge < -0.3 is 16.0 Å². The summed E-state index contributed by atoms with van der Waals surface area (Å²) in [5.41, 5.74) is 1.47. The van der Waals surface area contributed by atoms with Gasteiger partial charge in [0.2, 0.25) is 11.8 Å². The number of aryl methyl sites for hydroxylation is 1. The average Bonchev–Trinajstić information content (AvgIpc) is 2.49. The summed E-state index contributed by atoms with van der Waals surface area (Å²) in [7, 11) is 0. The van der Waals surface area contributed by atoms with Gasteiger partial charge in [0.15, 0.2) is 0 Å². The third kappa shape index (κ3) is 3.56. The Morgan fingerprint density at radius 1 is 1.27 bits per heavy atom. The van der Waals surface area contributed by atoms with Gasteiger partial charge in [-0.3, -0.25) is 9.59 Å². The first-order valence-corrected chi connectivity index (χ1v) is 7.30. The Hall–Kier alpha value is -1.66. The molecule has 2 amide bonds. The predicted molar refractivity (Wildman–Crippen MR) is 84.9 cm³/mol. The van der Waals surface area contributed by atoms with Crippen LogP contribution in [0.2, 0.25) is 0 Å². The number of halogens is 2. The fraction of sp³-hybridized carbons (Fsp3) is 0.467. The standard InChI is InChI=1S/C15H18FN3O2.ClH/c16-10-7-9-4-5-14(20)18-12(9)8-13(10)19-15(21)11-3-1-2-6-17-11;/h7-8,11,17H,1-6H2,(H,18,20)(H,19,21);1H/t11-;/m0./s1. The lowest BCUT2D eigenvalue weighted by atomic mass is 10.0. The number of hydrogen-bond acceptors (Lipinski definition) is 3. The van der Waals surface area contributed by atoms with Gasteiger partial charge in [0.1, 0.15) is 5.82 Å². The second-order valence-corrected chi connectivity index (χ2v) is 5.53. The van der Waals surface area contributed by atoms with Crippen molar-refractivity contribution in [1.82, 2.24) is 5.32 Å². The van der Waals surface area contributed by atoms with Crippen LogP contribution < -0.4 is 16.0 Å². The zero-order chi connectivity index (χ0) is 14.8. The number of hydrogen-bond donors (Lipinski definition) is 3. The molecule has 1 aromatic rings. The highest BCUT2D eigenvalue weighted by molar-refractivity contribution is 5.98. The summed E-state index contributed by atoms with van der Waals surface area (Å²) in [5, 5.41) is 8.45. The van der Waals surface area contributed by atoms with Gasteiger partial charge in [-0.2, -0.15) is 0 Å². The van der Waals surface area contributed by atoms with Crippen molar-refractivity contribution in [3.8, 4) is 0 Å². The Morgan fingerprint density at radius 3 is 2.82 bits per heavy atom. The summed E-state index contributed by atoms with van der Waals surface area (Å²) < 4.78 is 14.1. The average molecular weight is 328 g/mol. The zero-order valence-corrected chi connectivity index (χ0v) is 12.9. The van der Waals surface area contributed by atoms with E-state index in [-0.39, 0.29) is 36.0 Å². The number of amides is 2. The number of benzene rings is 1. The van der Waals surface area contributed by atoms with Crippen molar-refractivity contribution in [2.45, 2.75) is 38.1 Å². The number of rotatable bonds is 2. The van der Waals surface area contributed by atoms with Crippen molar-refractivity contribution < 1.29 is 14.0 Å².